The van der Waals surface area contributed by atoms with Gasteiger partial charge in [0.2, 0.25) is 5.91 Å². The van der Waals surface area contributed by atoms with Gasteiger partial charge in [0.15, 0.2) is 0 Å². The number of para-hydroxylation sites is 1. The van der Waals surface area contributed by atoms with Crippen molar-refractivity contribution in [3.8, 4) is 0 Å². The molecule has 2 atom stereocenters. The second-order valence-electron chi connectivity index (χ2n) is 7.48. The van der Waals surface area contributed by atoms with Crippen LogP contribution >= 0.6 is 16.0 Å². The van der Waals surface area contributed by atoms with Gasteiger partial charge in [-0.2, -0.15) is 0 Å². The summed E-state index contributed by atoms with van der Waals surface area (Å²) in [5.41, 5.74) is 6.36. The van der Waals surface area contributed by atoms with Gasteiger partial charge in [-0.05, 0) is 30.5 Å². The number of rotatable bonds is 9. The first-order valence-electron chi connectivity index (χ1n) is 10.4. The van der Waals surface area contributed by atoms with Crippen molar-refractivity contribution in [2.75, 3.05) is 25.0 Å². The van der Waals surface area contributed by atoms with Crippen LogP contribution < -0.4 is 21.7 Å². The summed E-state index contributed by atoms with van der Waals surface area (Å²) in [4.78, 5) is 22.8. The highest BCUT2D eigenvalue weighted by atomic mass is 31.1. The van der Waals surface area contributed by atoms with Crippen LogP contribution in [0.3, 0.4) is 0 Å². The molecule has 4 N–H and O–H groups in total. The van der Waals surface area contributed by atoms with Crippen LogP contribution in [0.4, 0.5) is 10.5 Å². The van der Waals surface area contributed by atoms with Crippen LogP contribution in [-0.2, 0) is 25.1 Å². The minimum absolute atomic E-state index is 0.0537. The summed E-state index contributed by atoms with van der Waals surface area (Å²) in [5, 5.41) is 5.51. The zero-order valence-corrected chi connectivity index (χ0v) is 19.6. The number of benzene rings is 2. The normalized spacial score (nSPS) is 16.8. The summed E-state index contributed by atoms with van der Waals surface area (Å²) in [5.74, 6) is -0.449. The van der Waals surface area contributed by atoms with Crippen LogP contribution in [0.1, 0.15) is 18.4 Å². The maximum Gasteiger partial charge on any atom is 0.312 e. The Morgan fingerprint density at radius 2 is 1.69 bits per heavy atom. The SMILES string of the molecule is NC(=O)NCC(=O)Nc1ccccc1[PH](=O)C1CCN([PH](=O)OCc2ccccc2)CC1. The van der Waals surface area contributed by atoms with Crippen molar-refractivity contribution in [3.05, 3.63) is 60.2 Å². The van der Waals surface area contributed by atoms with E-state index in [1.807, 2.05) is 35.0 Å². The van der Waals surface area contributed by atoms with Gasteiger partial charge in [-0.1, -0.05) is 42.5 Å². The van der Waals surface area contributed by atoms with Crippen molar-refractivity contribution in [2.24, 2.45) is 5.73 Å². The molecule has 1 aliphatic rings. The molecule has 3 amide bonds. The fourth-order valence-corrected chi connectivity index (χ4v) is 6.51. The number of carbonyl (C=O) groups is 2. The second-order valence-corrected chi connectivity index (χ2v) is 11.0. The summed E-state index contributed by atoms with van der Waals surface area (Å²) >= 11 is 0. The fourth-order valence-electron chi connectivity index (χ4n) is 3.52. The van der Waals surface area contributed by atoms with E-state index in [0.717, 1.165) is 5.56 Å². The molecule has 0 aliphatic carbocycles. The zero-order chi connectivity index (χ0) is 22.9. The summed E-state index contributed by atoms with van der Waals surface area (Å²) < 4.78 is 33.2. The Morgan fingerprint density at radius 3 is 2.38 bits per heavy atom. The number of piperidine rings is 1. The molecule has 0 saturated carbocycles. The molecule has 1 heterocycles. The van der Waals surface area contributed by atoms with Crippen LogP contribution in [-0.4, -0.2) is 41.9 Å². The highest BCUT2D eigenvalue weighted by Crippen LogP contribution is 2.41. The van der Waals surface area contributed by atoms with Crippen LogP contribution in [0.25, 0.3) is 0 Å². The van der Waals surface area contributed by atoms with Crippen LogP contribution in [0.5, 0.6) is 0 Å². The predicted molar refractivity (Wildman–Crippen MR) is 126 cm³/mol. The van der Waals surface area contributed by atoms with Crippen molar-refractivity contribution in [3.63, 3.8) is 0 Å². The van der Waals surface area contributed by atoms with Gasteiger partial charge in [0.25, 0.3) is 8.18 Å². The van der Waals surface area contributed by atoms with Crippen molar-refractivity contribution >= 4 is 38.9 Å². The molecule has 11 heteroatoms. The number of hydrogen-bond donors (Lipinski definition) is 3. The third-order valence-electron chi connectivity index (χ3n) is 5.22. The molecule has 0 spiro atoms. The minimum atomic E-state index is -2.35. The Bertz CT molecular complexity index is 981. The second kappa shape index (κ2) is 12.0. The molecule has 0 aromatic heterocycles. The lowest BCUT2D eigenvalue weighted by Gasteiger charge is -2.31. The lowest BCUT2D eigenvalue weighted by molar-refractivity contribution is -0.115. The quantitative estimate of drug-likeness (QED) is 0.475. The first-order valence-corrected chi connectivity index (χ1v) is 13.1. The Labute approximate surface area is 188 Å². The van der Waals surface area contributed by atoms with E-state index < -0.39 is 27.9 Å². The average Bonchev–Trinajstić information content (AvgIpc) is 2.82. The van der Waals surface area contributed by atoms with Gasteiger partial charge in [-0.15, -0.1) is 0 Å². The molecule has 1 saturated heterocycles. The Balaban J connectivity index is 1.53. The molecule has 0 bridgehead atoms. The lowest BCUT2D eigenvalue weighted by atomic mass is 10.2. The fraction of sp³-hybridized carbons (Fsp3) is 0.333. The first-order chi connectivity index (χ1) is 15.4. The molecular formula is C21H28N4O5P2. The molecule has 32 heavy (non-hydrogen) atoms. The van der Waals surface area contributed by atoms with E-state index in [0.29, 0.717) is 43.5 Å². The van der Waals surface area contributed by atoms with E-state index in [1.165, 1.54) is 0 Å². The Morgan fingerprint density at radius 1 is 1.03 bits per heavy atom. The van der Waals surface area contributed by atoms with Crippen molar-refractivity contribution in [1.82, 2.24) is 9.99 Å². The Kier molecular flexibility index (Phi) is 9.06. The predicted octanol–water partition coefficient (Wildman–Crippen LogP) is 2.55. The van der Waals surface area contributed by atoms with E-state index in [9.17, 15) is 18.7 Å². The van der Waals surface area contributed by atoms with E-state index >= 15 is 0 Å². The molecule has 2 aromatic carbocycles. The van der Waals surface area contributed by atoms with Gasteiger partial charge in [0, 0.05) is 24.1 Å². The number of primary amides is 1. The third-order valence-corrected chi connectivity index (χ3v) is 8.86. The summed E-state index contributed by atoms with van der Waals surface area (Å²) in [6.07, 6.45) is 1.27. The zero-order valence-electron chi connectivity index (χ0n) is 17.6. The molecule has 0 radical (unpaired) electrons. The van der Waals surface area contributed by atoms with Gasteiger partial charge in [-0.3, -0.25) is 9.36 Å². The van der Waals surface area contributed by atoms with Gasteiger partial charge in [0.05, 0.1) is 18.8 Å². The number of carbonyl (C=O) groups excluding carboxylic acids is 2. The summed E-state index contributed by atoms with van der Waals surface area (Å²) in [7, 11) is -4.56. The van der Waals surface area contributed by atoms with Gasteiger partial charge < -0.3 is 25.5 Å². The van der Waals surface area contributed by atoms with E-state index in [2.05, 4.69) is 10.6 Å². The van der Waals surface area contributed by atoms with Gasteiger partial charge in [-0.25, -0.2) is 9.46 Å². The number of nitrogens with zero attached hydrogens (tertiary/aromatic N) is 1. The molecular weight excluding hydrogens is 450 g/mol. The largest absolute Gasteiger partial charge is 0.352 e. The number of amides is 3. The van der Waals surface area contributed by atoms with Crippen molar-refractivity contribution in [2.45, 2.75) is 25.1 Å². The lowest BCUT2D eigenvalue weighted by Crippen LogP contribution is -2.37. The highest BCUT2D eigenvalue weighted by molar-refractivity contribution is 7.54. The third kappa shape index (κ3) is 7.04. The number of hydrogen-bond acceptors (Lipinski definition) is 5. The average molecular weight is 478 g/mol. The summed E-state index contributed by atoms with van der Waals surface area (Å²) in [6.45, 7) is 1.13. The molecule has 3 rings (SSSR count). The van der Waals surface area contributed by atoms with Gasteiger partial charge in [0.1, 0.15) is 7.80 Å². The highest BCUT2D eigenvalue weighted by Gasteiger charge is 2.28. The van der Waals surface area contributed by atoms with Crippen molar-refractivity contribution < 1.29 is 23.2 Å². The summed E-state index contributed by atoms with van der Waals surface area (Å²) in [6, 6.07) is 15.8. The maximum atomic E-state index is 13.3. The van der Waals surface area contributed by atoms with E-state index in [-0.39, 0.29) is 12.2 Å². The number of anilines is 1. The van der Waals surface area contributed by atoms with Gasteiger partial charge >= 0.3 is 6.03 Å². The minimum Gasteiger partial charge on any atom is -0.352 e. The van der Waals surface area contributed by atoms with Crippen LogP contribution in [0.15, 0.2) is 54.6 Å². The molecule has 172 valence electrons. The molecule has 1 fully saturated rings. The van der Waals surface area contributed by atoms with E-state index in [4.69, 9.17) is 10.3 Å². The molecule has 1 aliphatic heterocycles. The molecule has 9 nitrogen and oxygen atoms in total. The first kappa shape index (κ1) is 24.2. The molecule has 2 unspecified atom stereocenters. The standard InChI is InChI=1S/C21H28N4O5P2/c22-21(27)23-14-20(26)24-18-8-4-5-9-19(18)31(28)17-10-12-25(13-11-17)32(29)30-15-16-6-2-1-3-7-16/h1-9,17,31-32H,10-15H2,(H,24,26)(H3,22,23,27). The van der Waals surface area contributed by atoms with Crippen LogP contribution in [0.2, 0.25) is 0 Å². The monoisotopic (exact) mass is 478 g/mol. The Hall–Kier alpha value is -2.44. The van der Waals surface area contributed by atoms with Crippen LogP contribution in [0, 0.1) is 0 Å². The smallest absolute Gasteiger partial charge is 0.312 e. The topological polar surface area (TPSA) is 131 Å². The maximum absolute atomic E-state index is 13.3. The van der Waals surface area contributed by atoms with E-state index in [1.54, 1.807) is 24.3 Å². The number of urea groups is 1. The molecule has 2 aromatic rings. The van der Waals surface area contributed by atoms with Crippen molar-refractivity contribution in [1.29, 1.82) is 0 Å². The number of nitrogens with two attached hydrogens (primary N) is 1. The number of nitrogens with one attached hydrogen (secondary N) is 2.